The minimum Gasteiger partial charge on any atom is -0.478 e. The first kappa shape index (κ1) is 34.7. The van der Waals surface area contributed by atoms with E-state index in [2.05, 4.69) is 20.6 Å². The van der Waals surface area contributed by atoms with Gasteiger partial charge in [-0.1, -0.05) is 38.1 Å². The summed E-state index contributed by atoms with van der Waals surface area (Å²) in [5.41, 5.74) is 12.9. The first-order valence-corrected chi connectivity index (χ1v) is 16.9. The molecule has 2 aliphatic heterocycles. The highest BCUT2D eigenvalue weighted by atomic mass is 16.4. The standard InChI is InChI=1S/C41H40N4O6/c1-7-28-20(3)38(46)44-32(28)17-30-22(5)36(24-11-9-13-26(15-24)40(48)49)34(42-30)19-35-37(25-12-10-14-27(16-25)41(50)51)23(6)31(43-35)18-33-29(8-2)21(4)39(47)45-33/h9-18,42-43H,7-8,19H2,1-6H3,(H,44,46)(H,45,47)(H,48,49)(H,50,51)/b32-17-,33-18-. The molecule has 0 atom stereocenters. The van der Waals surface area contributed by atoms with Crippen molar-refractivity contribution in [3.63, 3.8) is 0 Å². The van der Waals surface area contributed by atoms with Crippen LogP contribution < -0.4 is 10.6 Å². The molecular formula is C41H40N4O6. The molecule has 2 aromatic carbocycles. The highest BCUT2D eigenvalue weighted by Crippen LogP contribution is 2.38. The van der Waals surface area contributed by atoms with E-state index in [9.17, 15) is 29.4 Å². The number of aromatic nitrogens is 2. The van der Waals surface area contributed by atoms with Crippen molar-refractivity contribution in [2.45, 2.75) is 60.8 Å². The lowest BCUT2D eigenvalue weighted by Gasteiger charge is -2.10. The van der Waals surface area contributed by atoms with Crippen LogP contribution in [0.15, 0.2) is 82.2 Å². The molecule has 0 radical (unpaired) electrons. The Bertz CT molecular complexity index is 2130. The summed E-state index contributed by atoms with van der Waals surface area (Å²) >= 11 is 0. The van der Waals surface area contributed by atoms with E-state index in [-0.39, 0.29) is 22.9 Å². The second kappa shape index (κ2) is 13.6. The molecule has 2 amide bonds. The van der Waals surface area contributed by atoms with Gasteiger partial charge in [0.2, 0.25) is 0 Å². The summed E-state index contributed by atoms with van der Waals surface area (Å²) in [6, 6.07) is 13.6. The Morgan fingerprint density at radius 1 is 0.647 bits per heavy atom. The van der Waals surface area contributed by atoms with Crippen LogP contribution in [0.25, 0.3) is 34.4 Å². The molecule has 260 valence electrons. The molecule has 0 unspecified atom stereocenters. The molecular weight excluding hydrogens is 644 g/mol. The summed E-state index contributed by atoms with van der Waals surface area (Å²) < 4.78 is 0. The summed E-state index contributed by atoms with van der Waals surface area (Å²) in [7, 11) is 0. The Morgan fingerprint density at radius 3 is 1.39 bits per heavy atom. The van der Waals surface area contributed by atoms with Gasteiger partial charge in [-0.05, 0) is 110 Å². The second-order valence-corrected chi connectivity index (χ2v) is 12.9. The highest BCUT2D eigenvalue weighted by Gasteiger charge is 2.27. The number of hydrogen-bond donors (Lipinski definition) is 6. The number of benzene rings is 2. The maximum Gasteiger partial charge on any atom is 0.335 e. The van der Waals surface area contributed by atoms with Crippen molar-refractivity contribution in [2.75, 3.05) is 0 Å². The Labute approximate surface area is 295 Å². The van der Waals surface area contributed by atoms with Crippen molar-refractivity contribution in [3.8, 4) is 22.3 Å². The lowest BCUT2D eigenvalue weighted by molar-refractivity contribution is -0.117. The summed E-state index contributed by atoms with van der Waals surface area (Å²) in [6.07, 6.45) is 5.52. The number of H-pyrrole nitrogens is 2. The maximum atomic E-state index is 12.6. The van der Waals surface area contributed by atoms with Crippen molar-refractivity contribution >= 4 is 35.9 Å². The smallest absolute Gasteiger partial charge is 0.335 e. The third-order valence-electron chi connectivity index (χ3n) is 9.90. The van der Waals surface area contributed by atoms with Crippen LogP contribution >= 0.6 is 0 Å². The van der Waals surface area contributed by atoms with Gasteiger partial charge in [0.1, 0.15) is 0 Å². The fourth-order valence-corrected chi connectivity index (χ4v) is 7.19. The number of hydrogen-bond acceptors (Lipinski definition) is 4. The average molecular weight is 685 g/mol. The van der Waals surface area contributed by atoms with Crippen LogP contribution in [0, 0.1) is 13.8 Å². The monoisotopic (exact) mass is 684 g/mol. The van der Waals surface area contributed by atoms with Gasteiger partial charge in [0.05, 0.1) is 11.1 Å². The van der Waals surface area contributed by atoms with Crippen molar-refractivity contribution in [1.82, 2.24) is 20.6 Å². The van der Waals surface area contributed by atoms with E-state index in [1.807, 2.05) is 65.8 Å². The number of aromatic amines is 2. The van der Waals surface area contributed by atoms with E-state index in [0.717, 1.165) is 56.2 Å². The van der Waals surface area contributed by atoms with E-state index < -0.39 is 11.9 Å². The van der Waals surface area contributed by atoms with Gasteiger partial charge in [0.15, 0.2) is 0 Å². The maximum absolute atomic E-state index is 12.6. The molecule has 6 rings (SSSR count). The summed E-state index contributed by atoms with van der Waals surface area (Å²) in [5, 5.41) is 25.6. The van der Waals surface area contributed by atoms with Crippen molar-refractivity contribution in [1.29, 1.82) is 0 Å². The Kier molecular flexibility index (Phi) is 9.27. The van der Waals surface area contributed by atoms with Gasteiger partial charge < -0.3 is 30.8 Å². The van der Waals surface area contributed by atoms with Gasteiger partial charge in [0, 0.05) is 62.9 Å². The predicted octanol–water partition coefficient (Wildman–Crippen LogP) is 7.68. The molecule has 0 bridgehead atoms. The summed E-state index contributed by atoms with van der Waals surface area (Å²) in [6.45, 7) is 11.5. The van der Waals surface area contributed by atoms with Crippen LogP contribution in [0.4, 0.5) is 0 Å². The van der Waals surface area contributed by atoms with Crippen LogP contribution in [0.2, 0.25) is 0 Å². The SMILES string of the molecule is CCC1=C(C)C(=O)N/C1=C\c1[nH]c(Cc2[nH]c(/C=C3\NC(=O)C(C)=C3CC)c(C)c2-c2cccc(C(=O)O)c2)c(-c2cccc(C(=O)O)c2)c1C. The van der Waals surface area contributed by atoms with E-state index in [4.69, 9.17) is 0 Å². The van der Waals surface area contributed by atoms with Crippen molar-refractivity contribution in [2.24, 2.45) is 0 Å². The number of nitrogens with one attached hydrogen (secondary N) is 4. The lowest BCUT2D eigenvalue weighted by Crippen LogP contribution is -2.15. The van der Waals surface area contributed by atoms with E-state index >= 15 is 0 Å². The number of carboxylic acid groups (broad SMARTS) is 2. The van der Waals surface area contributed by atoms with Crippen LogP contribution in [0.1, 0.15) is 95.2 Å². The molecule has 2 aliphatic rings. The number of rotatable bonds is 10. The molecule has 0 saturated heterocycles. The number of carboxylic acids is 2. The number of allylic oxidation sites excluding steroid dienone is 2. The molecule has 0 saturated carbocycles. The van der Waals surface area contributed by atoms with Crippen LogP contribution in [-0.4, -0.2) is 43.9 Å². The molecule has 0 fully saturated rings. The summed E-state index contributed by atoms with van der Waals surface area (Å²) in [5.74, 6) is -2.35. The van der Waals surface area contributed by atoms with E-state index in [0.29, 0.717) is 52.9 Å². The lowest BCUT2D eigenvalue weighted by atomic mass is 9.94. The number of carbonyl (C=O) groups is 4. The predicted molar refractivity (Wildman–Crippen MR) is 197 cm³/mol. The number of carbonyl (C=O) groups excluding carboxylic acids is 2. The molecule has 0 aliphatic carbocycles. The van der Waals surface area contributed by atoms with Crippen molar-refractivity contribution < 1.29 is 29.4 Å². The molecule has 0 spiro atoms. The second-order valence-electron chi connectivity index (χ2n) is 12.9. The van der Waals surface area contributed by atoms with E-state index in [1.54, 1.807) is 36.4 Å². The first-order valence-electron chi connectivity index (χ1n) is 16.9. The van der Waals surface area contributed by atoms with Gasteiger partial charge >= 0.3 is 11.9 Å². The average Bonchev–Trinajstić information content (AvgIpc) is 3.76. The fraction of sp³-hybridized carbons (Fsp3) is 0.220. The van der Waals surface area contributed by atoms with Gasteiger partial charge in [-0.3, -0.25) is 9.59 Å². The van der Waals surface area contributed by atoms with Crippen LogP contribution in [-0.2, 0) is 16.0 Å². The molecule has 10 nitrogen and oxygen atoms in total. The molecule has 4 aromatic rings. The summed E-state index contributed by atoms with van der Waals surface area (Å²) in [4.78, 5) is 56.4. The molecule has 6 N–H and O–H groups in total. The quantitative estimate of drug-likeness (QED) is 0.100. The molecule has 2 aromatic heterocycles. The fourth-order valence-electron chi connectivity index (χ4n) is 7.19. The van der Waals surface area contributed by atoms with Gasteiger partial charge in [-0.2, -0.15) is 0 Å². The van der Waals surface area contributed by atoms with Crippen molar-refractivity contribution in [3.05, 3.63) is 127 Å². The normalized spacial score (nSPS) is 16.1. The zero-order valence-electron chi connectivity index (χ0n) is 29.4. The van der Waals surface area contributed by atoms with Crippen LogP contribution in [0.5, 0.6) is 0 Å². The third kappa shape index (κ3) is 6.36. The zero-order chi connectivity index (χ0) is 36.7. The van der Waals surface area contributed by atoms with Gasteiger partial charge in [-0.15, -0.1) is 0 Å². The molecule has 51 heavy (non-hydrogen) atoms. The highest BCUT2D eigenvalue weighted by molar-refractivity contribution is 6.02. The van der Waals surface area contributed by atoms with Crippen LogP contribution in [0.3, 0.4) is 0 Å². The Morgan fingerprint density at radius 2 is 1.04 bits per heavy atom. The zero-order valence-corrected chi connectivity index (χ0v) is 29.4. The third-order valence-corrected chi connectivity index (χ3v) is 9.90. The first-order chi connectivity index (χ1) is 24.3. The topological polar surface area (TPSA) is 164 Å². The number of aromatic carboxylic acids is 2. The molecule has 10 heteroatoms. The Balaban J connectivity index is 1.57. The molecule has 4 heterocycles. The van der Waals surface area contributed by atoms with Gasteiger partial charge in [-0.25, -0.2) is 9.59 Å². The minimum absolute atomic E-state index is 0.136. The Hall–Kier alpha value is -6.16. The largest absolute Gasteiger partial charge is 0.478 e. The van der Waals surface area contributed by atoms with E-state index in [1.165, 1.54) is 0 Å². The van der Waals surface area contributed by atoms with Gasteiger partial charge in [0.25, 0.3) is 11.8 Å². The number of amides is 2. The minimum atomic E-state index is -1.04.